The van der Waals surface area contributed by atoms with Gasteiger partial charge in [0.15, 0.2) is 0 Å². The minimum atomic E-state index is -0.311. The van der Waals surface area contributed by atoms with E-state index in [2.05, 4.69) is 38.3 Å². The molecule has 0 spiro atoms. The van der Waals surface area contributed by atoms with Gasteiger partial charge in [-0.25, -0.2) is 4.98 Å². The lowest BCUT2D eigenvalue weighted by Crippen LogP contribution is -2.51. The molecule has 0 aliphatic carbocycles. The standard InChI is InChI=1S/C24H26Cl2N4O2S/c25-21-17(5-8-27-22(21)26)15-6-9-29(10-7-15)12-14-1-2-18-16(11-14)13-30(24(18)33)19-3-4-20(31)28-23(19)32/h1-2,5,8,11,15,19,24,33H,3-4,6-7,9-10,12-13H2,(H,28,31,32). The highest BCUT2D eigenvalue weighted by Gasteiger charge is 2.39. The van der Waals surface area contributed by atoms with Crippen LogP contribution in [0.4, 0.5) is 0 Å². The molecule has 174 valence electrons. The van der Waals surface area contributed by atoms with Gasteiger partial charge in [-0.15, -0.1) is 0 Å². The third kappa shape index (κ3) is 4.66. The van der Waals surface area contributed by atoms with Crippen molar-refractivity contribution in [2.45, 2.75) is 56.1 Å². The number of nitrogens with zero attached hydrogens (tertiary/aromatic N) is 3. The van der Waals surface area contributed by atoms with Crippen molar-refractivity contribution in [3.8, 4) is 0 Å². The van der Waals surface area contributed by atoms with Crippen LogP contribution in [0.1, 0.15) is 59.2 Å². The normalized spacial score (nSPS) is 24.7. The number of aromatic nitrogens is 1. The van der Waals surface area contributed by atoms with Crippen LogP contribution in [0, 0.1) is 0 Å². The molecule has 2 saturated heterocycles. The first kappa shape index (κ1) is 23.1. The van der Waals surface area contributed by atoms with E-state index in [1.54, 1.807) is 6.20 Å². The molecule has 6 nitrogen and oxygen atoms in total. The zero-order valence-corrected chi connectivity index (χ0v) is 20.5. The smallest absolute Gasteiger partial charge is 0.243 e. The van der Waals surface area contributed by atoms with Gasteiger partial charge in [-0.3, -0.25) is 24.7 Å². The van der Waals surface area contributed by atoms with E-state index in [0.717, 1.165) is 43.6 Å². The lowest BCUT2D eigenvalue weighted by molar-refractivity contribution is -0.137. The van der Waals surface area contributed by atoms with Crippen LogP contribution in [-0.2, 0) is 22.7 Å². The number of amides is 2. The van der Waals surface area contributed by atoms with E-state index in [1.807, 2.05) is 6.07 Å². The van der Waals surface area contributed by atoms with Crippen LogP contribution in [0.25, 0.3) is 0 Å². The molecule has 5 rings (SSSR count). The fourth-order valence-corrected chi connectivity index (χ4v) is 6.22. The van der Waals surface area contributed by atoms with Crippen LogP contribution in [0.2, 0.25) is 10.2 Å². The van der Waals surface area contributed by atoms with Gasteiger partial charge in [0.1, 0.15) is 5.15 Å². The van der Waals surface area contributed by atoms with Gasteiger partial charge >= 0.3 is 0 Å². The Morgan fingerprint density at radius 1 is 1.09 bits per heavy atom. The van der Waals surface area contributed by atoms with Gasteiger partial charge in [-0.1, -0.05) is 41.4 Å². The van der Waals surface area contributed by atoms with Gasteiger partial charge in [0.05, 0.1) is 16.4 Å². The van der Waals surface area contributed by atoms with E-state index in [-0.39, 0.29) is 23.2 Å². The molecule has 33 heavy (non-hydrogen) atoms. The topological polar surface area (TPSA) is 65.5 Å². The number of likely N-dealkylation sites (tertiary alicyclic amines) is 1. The van der Waals surface area contributed by atoms with Crippen molar-refractivity contribution in [3.05, 3.63) is 62.9 Å². The molecule has 0 bridgehead atoms. The van der Waals surface area contributed by atoms with Crippen LogP contribution in [0.5, 0.6) is 0 Å². The average molecular weight is 505 g/mol. The maximum Gasteiger partial charge on any atom is 0.243 e. The molecule has 1 N–H and O–H groups in total. The zero-order chi connectivity index (χ0) is 23.1. The molecular formula is C24H26Cl2N4O2S. The van der Waals surface area contributed by atoms with Gasteiger partial charge in [0.2, 0.25) is 11.8 Å². The Labute approximate surface area is 209 Å². The lowest BCUT2D eigenvalue weighted by atomic mass is 9.90. The molecule has 4 heterocycles. The fourth-order valence-electron chi connectivity index (χ4n) is 5.29. The second-order valence-corrected chi connectivity index (χ2v) is 10.3. The molecule has 2 atom stereocenters. The minimum absolute atomic E-state index is 0.134. The lowest BCUT2D eigenvalue weighted by Gasteiger charge is -2.32. The summed E-state index contributed by atoms with van der Waals surface area (Å²) < 4.78 is 0. The molecule has 2 aromatic rings. The van der Waals surface area contributed by atoms with Crippen molar-refractivity contribution in [1.29, 1.82) is 0 Å². The number of pyridine rings is 1. The summed E-state index contributed by atoms with van der Waals surface area (Å²) in [5.41, 5.74) is 4.73. The van der Waals surface area contributed by atoms with Crippen LogP contribution < -0.4 is 5.32 Å². The van der Waals surface area contributed by atoms with Gasteiger partial charge in [0, 0.05) is 25.7 Å². The number of hydrogen-bond donors (Lipinski definition) is 2. The maximum absolute atomic E-state index is 12.4. The van der Waals surface area contributed by atoms with E-state index in [1.165, 1.54) is 11.1 Å². The molecule has 0 radical (unpaired) electrons. The van der Waals surface area contributed by atoms with Crippen molar-refractivity contribution in [1.82, 2.24) is 20.1 Å². The summed E-state index contributed by atoms with van der Waals surface area (Å²) in [7, 11) is 0. The molecule has 2 amide bonds. The Hall–Kier alpha value is -1.64. The Balaban J connectivity index is 1.21. The third-order valence-corrected chi connectivity index (χ3v) is 8.43. The van der Waals surface area contributed by atoms with Gasteiger partial charge in [-0.2, -0.15) is 12.6 Å². The van der Waals surface area contributed by atoms with Crippen LogP contribution in [0.15, 0.2) is 30.5 Å². The highest BCUT2D eigenvalue weighted by Crippen LogP contribution is 2.40. The molecule has 3 aliphatic heterocycles. The van der Waals surface area contributed by atoms with Crippen molar-refractivity contribution in [3.63, 3.8) is 0 Å². The maximum atomic E-state index is 12.4. The summed E-state index contributed by atoms with van der Waals surface area (Å²) in [6.07, 6.45) is 4.72. The predicted molar refractivity (Wildman–Crippen MR) is 131 cm³/mol. The second-order valence-electron chi connectivity index (χ2n) is 9.10. The first-order valence-electron chi connectivity index (χ1n) is 11.3. The summed E-state index contributed by atoms with van der Waals surface area (Å²) in [5.74, 6) is 0.00196. The summed E-state index contributed by atoms with van der Waals surface area (Å²) in [5, 5.41) is 3.29. The Morgan fingerprint density at radius 2 is 1.88 bits per heavy atom. The zero-order valence-electron chi connectivity index (χ0n) is 18.1. The SMILES string of the molecule is O=C1CCC(N2Cc3cc(CN4CCC(c5ccnc(Cl)c5Cl)CC4)ccc3C2S)C(=O)N1. The molecule has 2 fully saturated rings. The van der Waals surface area contributed by atoms with E-state index >= 15 is 0 Å². The number of carbonyl (C=O) groups excluding carboxylic acids is 2. The largest absolute Gasteiger partial charge is 0.299 e. The van der Waals surface area contributed by atoms with Crippen molar-refractivity contribution in [2.75, 3.05) is 13.1 Å². The van der Waals surface area contributed by atoms with Crippen LogP contribution in [0.3, 0.4) is 0 Å². The number of thiol groups is 1. The number of benzene rings is 1. The summed E-state index contributed by atoms with van der Waals surface area (Å²) in [4.78, 5) is 32.5. The number of nitrogens with one attached hydrogen (secondary N) is 1. The molecule has 0 saturated carbocycles. The molecular weight excluding hydrogens is 479 g/mol. The first-order chi connectivity index (χ1) is 15.9. The van der Waals surface area contributed by atoms with E-state index < -0.39 is 0 Å². The Kier molecular flexibility index (Phi) is 6.69. The predicted octanol–water partition coefficient (Wildman–Crippen LogP) is 4.32. The van der Waals surface area contributed by atoms with Crippen LogP contribution in [-0.4, -0.2) is 45.7 Å². The molecule has 1 aromatic heterocycles. The molecule has 9 heteroatoms. The van der Waals surface area contributed by atoms with Crippen LogP contribution >= 0.6 is 35.8 Å². The highest BCUT2D eigenvalue weighted by atomic mass is 35.5. The summed E-state index contributed by atoms with van der Waals surface area (Å²) >= 11 is 17.3. The summed E-state index contributed by atoms with van der Waals surface area (Å²) in [6.45, 7) is 3.55. The number of imide groups is 1. The monoisotopic (exact) mass is 504 g/mol. The van der Waals surface area contributed by atoms with E-state index in [0.29, 0.717) is 35.5 Å². The van der Waals surface area contributed by atoms with Gasteiger partial charge in [0.25, 0.3) is 0 Å². The summed E-state index contributed by atoms with van der Waals surface area (Å²) in [6, 6.07) is 8.22. The minimum Gasteiger partial charge on any atom is -0.299 e. The molecule has 2 unspecified atom stereocenters. The van der Waals surface area contributed by atoms with Gasteiger partial charge < -0.3 is 0 Å². The number of rotatable bonds is 4. The Bertz CT molecular complexity index is 1090. The van der Waals surface area contributed by atoms with E-state index in [9.17, 15) is 9.59 Å². The van der Waals surface area contributed by atoms with Crippen molar-refractivity contribution < 1.29 is 9.59 Å². The number of halogens is 2. The number of hydrogen-bond acceptors (Lipinski definition) is 6. The third-order valence-electron chi connectivity index (χ3n) is 7.07. The fraction of sp³-hybridized carbons (Fsp3) is 0.458. The second kappa shape index (κ2) is 9.55. The van der Waals surface area contributed by atoms with E-state index in [4.69, 9.17) is 35.8 Å². The highest BCUT2D eigenvalue weighted by molar-refractivity contribution is 7.80. The molecule has 3 aliphatic rings. The van der Waals surface area contributed by atoms with Crippen molar-refractivity contribution >= 4 is 47.6 Å². The molecule has 1 aromatic carbocycles. The number of piperidine rings is 2. The van der Waals surface area contributed by atoms with Crippen molar-refractivity contribution in [2.24, 2.45) is 0 Å². The average Bonchev–Trinajstić information content (AvgIpc) is 3.12. The Morgan fingerprint density at radius 3 is 2.64 bits per heavy atom. The first-order valence-corrected chi connectivity index (χ1v) is 12.6. The number of carbonyl (C=O) groups is 2. The quantitative estimate of drug-likeness (QED) is 0.368. The number of fused-ring (bicyclic) bond motifs is 1. The van der Waals surface area contributed by atoms with Gasteiger partial charge in [-0.05, 0) is 66.6 Å².